The summed E-state index contributed by atoms with van der Waals surface area (Å²) in [7, 11) is 0. The van der Waals surface area contributed by atoms with Crippen molar-refractivity contribution < 1.29 is 4.74 Å². The lowest BCUT2D eigenvalue weighted by molar-refractivity contribution is 0.242. The molecule has 0 saturated carbocycles. The standard InChI is InChI=1S/C14H14Br2N2O/c1-9(2)19-12-5-3-11(4-6-12)18-14-13(16)7-10(15)8-17-14/h3-9H,1-2H3,(H,17,18). The van der Waals surface area contributed by atoms with Gasteiger partial charge >= 0.3 is 0 Å². The molecular weight excluding hydrogens is 372 g/mol. The minimum absolute atomic E-state index is 0.182. The molecule has 0 spiro atoms. The van der Waals surface area contributed by atoms with Crippen LogP contribution in [0.15, 0.2) is 45.5 Å². The lowest BCUT2D eigenvalue weighted by Gasteiger charge is -2.11. The van der Waals surface area contributed by atoms with Crippen molar-refractivity contribution in [2.75, 3.05) is 5.32 Å². The third kappa shape index (κ3) is 4.21. The number of nitrogens with one attached hydrogen (secondary N) is 1. The van der Waals surface area contributed by atoms with Crippen molar-refractivity contribution in [3.05, 3.63) is 45.5 Å². The second kappa shape index (κ2) is 6.39. The maximum absolute atomic E-state index is 5.60. The number of hydrogen-bond acceptors (Lipinski definition) is 3. The van der Waals surface area contributed by atoms with Crippen molar-refractivity contribution >= 4 is 43.4 Å². The second-order valence-electron chi connectivity index (χ2n) is 4.30. The van der Waals surface area contributed by atoms with Gasteiger partial charge in [0.2, 0.25) is 0 Å². The van der Waals surface area contributed by atoms with Crippen molar-refractivity contribution in [2.24, 2.45) is 0 Å². The Morgan fingerprint density at radius 2 is 1.84 bits per heavy atom. The Bertz CT molecular complexity index is 556. The van der Waals surface area contributed by atoms with E-state index in [1.807, 2.05) is 44.2 Å². The van der Waals surface area contributed by atoms with Crippen LogP contribution >= 0.6 is 31.9 Å². The van der Waals surface area contributed by atoms with E-state index in [0.29, 0.717) is 0 Å². The van der Waals surface area contributed by atoms with Crippen LogP contribution in [0.4, 0.5) is 11.5 Å². The van der Waals surface area contributed by atoms with Crippen LogP contribution in [-0.4, -0.2) is 11.1 Å². The number of nitrogens with zero attached hydrogens (tertiary/aromatic N) is 1. The number of benzene rings is 1. The number of halogens is 2. The summed E-state index contributed by atoms with van der Waals surface area (Å²) in [6, 6.07) is 9.76. The molecule has 1 heterocycles. The van der Waals surface area contributed by atoms with Crippen LogP contribution in [0.3, 0.4) is 0 Å². The average Bonchev–Trinajstić information content (AvgIpc) is 2.34. The quantitative estimate of drug-likeness (QED) is 0.791. The van der Waals surface area contributed by atoms with E-state index in [2.05, 4.69) is 42.2 Å². The molecule has 19 heavy (non-hydrogen) atoms. The predicted octanol–water partition coefficient (Wildman–Crippen LogP) is 5.14. The van der Waals surface area contributed by atoms with E-state index in [9.17, 15) is 0 Å². The van der Waals surface area contributed by atoms with E-state index in [1.54, 1.807) is 6.20 Å². The van der Waals surface area contributed by atoms with Gasteiger partial charge in [0.1, 0.15) is 11.6 Å². The number of aromatic nitrogens is 1. The highest BCUT2D eigenvalue weighted by Crippen LogP contribution is 2.27. The molecule has 0 amide bonds. The molecule has 0 atom stereocenters. The normalized spacial score (nSPS) is 10.6. The van der Waals surface area contributed by atoms with Gasteiger partial charge in [-0.2, -0.15) is 0 Å². The van der Waals surface area contributed by atoms with Gasteiger partial charge in [0.05, 0.1) is 10.6 Å². The van der Waals surface area contributed by atoms with Gasteiger partial charge in [0.15, 0.2) is 0 Å². The van der Waals surface area contributed by atoms with Crippen LogP contribution in [0, 0.1) is 0 Å². The zero-order chi connectivity index (χ0) is 13.8. The molecule has 1 N–H and O–H groups in total. The lowest BCUT2D eigenvalue weighted by Crippen LogP contribution is -2.05. The van der Waals surface area contributed by atoms with E-state index < -0.39 is 0 Å². The van der Waals surface area contributed by atoms with Crippen LogP contribution in [0.25, 0.3) is 0 Å². The third-order valence-corrected chi connectivity index (χ3v) is 3.33. The summed E-state index contributed by atoms with van der Waals surface area (Å²) in [4.78, 5) is 4.31. The first kappa shape index (κ1) is 14.3. The average molecular weight is 386 g/mol. The largest absolute Gasteiger partial charge is 0.491 e. The van der Waals surface area contributed by atoms with Crippen molar-refractivity contribution in [2.45, 2.75) is 20.0 Å². The summed E-state index contributed by atoms with van der Waals surface area (Å²) < 4.78 is 7.44. The fourth-order valence-corrected chi connectivity index (χ4v) is 2.62. The van der Waals surface area contributed by atoms with Crippen LogP contribution in [0.1, 0.15) is 13.8 Å². The molecular formula is C14H14Br2N2O. The maximum atomic E-state index is 5.60. The van der Waals surface area contributed by atoms with Gasteiger partial charge in [-0.05, 0) is 76.0 Å². The van der Waals surface area contributed by atoms with Gasteiger partial charge in [-0.15, -0.1) is 0 Å². The van der Waals surface area contributed by atoms with Gasteiger partial charge in [-0.1, -0.05) is 0 Å². The number of anilines is 2. The minimum atomic E-state index is 0.182. The Labute approximate surface area is 129 Å². The number of rotatable bonds is 4. The molecule has 0 aliphatic carbocycles. The topological polar surface area (TPSA) is 34.1 Å². The van der Waals surface area contributed by atoms with E-state index >= 15 is 0 Å². The maximum Gasteiger partial charge on any atom is 0.144 e. The van der Waals surface area contributed by atoms with Crippen molar-refractivity contribution in [3.63, 3.8) is 0 Å². The molecule has 0 saturated heterocycles. The molecule has 0 unspecified atom stereocenters. The highest BCUT2D eigenvalue weighted by Gasteiger charge is 2.03. The SMILES string of the molecule is CC(C)Oc1ccc(Nc2ncc(Br)cc2Br)cc1. The molecule has 0 fully saturated rings. The molecule has 1 aromatic carbocycles. The van der Waals surface area contributed by atoms with Crippen LogP contribution in [0.5, 0.6) is 5.75 Å². The van der Waals surface area contributed by atoms with Gasteiger partial charge < -0.3 is 10.1 Å². The van der Waals surface area contributed by atoms with E-state index in [1.165, 1.54) is 0 Å². The van der Waals surface area contributed by atoms with Crippen LogP contribution < -0.4 is 10.1 Å². The van der Waals surface area contributed by atoms with Crippen LogP contribution in [-0.2, 0) is 0 Å². The van der Waals surface area contributed by atoms with E-state index in [4.69, 9.17) is 4.74 Å². The Balaban J connectivity index is 2.10. The molecule has 100 valence electrons. The Morgan fingerprint density at radius 1 is 1.16 bits per heavy atom. The first-order chi connectivity index (χ1) is 9.04. The highest BCUT2D eigenvalue weighted by molar-refractivity contribution is 9.11. The van der Waals surface area contributed by atoms with Crippen LogP contribution in [0.2, 0.25) is 0 Å². The number of hydrogen-bond donors (Lipinski definition) is 1. The molecule has 5 heteroatoms. The Hall–Kier alpha value is -1.07. The fourth-order valence-electron chi connectivity index (χ4n) is 1.53. The smallest absolute Gasteiger partial charge is 0.144 e. The number of pyridine rings is 1. The van der Waals surface area contributed by atoms with Gasteiger partial charge in [-0.3, -0.25) is 0 Å². The Morgan fingerprint density at radius 3 is 2.42 bits per heavy atom. The molecule has 0 aliphatic heterocycles. The molecule has 2 rings (SSSR count). The summed E-state index contributed by atoms with van der Waals surface area (Å²) in [6.45, 7) is 4.02. The Kier molecular flexibility index (Phi) is 4.82. The van der Waals surface area contributed by atoms with E-state index in [0.717, 1.165) is 26.2 Å². The molecule has 0 radical (unpaired) electrons. The van der Waals surface area contributed by atoms with Gasteiger partial charge in [0.25, 0.3) is 0 Å². The molecule has 1 aromatic heterocycles. The minimum Gasteiger partial charge on any atom is -0.491 e. The summed E-state index contributed by atoms with van der Waals surface area (Å²) in [5.41, 5.74) is 0.964. The summed E-state index contributed by atoms with van der Waals surface area (Å²) in [6.07, 6.45) is 1.93. The summed E-state index contributed by atoms with van der Waals surface area (Å²) >= 11 is 6.85. The summed E-state index contributed by atoms with van der Waals surface area (Å²) in [5, 5.41) is 3.25. The molecule has 2 aromatic rings. The zero-order valence-corrected chi connectivity index (χ0v) is 13.8. The fraction of sp³-hybridized carbons (Fsp3) is 0.214. The van der Waals surface area contributed by atoms with Crippen molar-refractivity contribution in [3.8, 4) is 5.75 Å². The molecule has 0 bridgehead atoms. The van der Waals surface area contributed by atoms with Crippen molar-refractivity contribution in [1.82, 2.24) is 4.98 Å². The third-order valence-electron chi connectivity index (χ3n) is 2.30. The predicted molar refractivity (Wildman–Crippen MR) is 85.1 cm³/mol. The first-order valence-electron chi connectivity index (χ1n) is 5.89. The molecule has 0 aliphatic rings. The van der Waals surface area contributed by atoms with Gasteiger partial charge in [0, 0.05) is 16.4 Å². The zero-order valence-electron chi connectivity index (χ0n) is 10.7. The van der Waals surface area contributed by atoms with Gasteiger partial charge in [-0.25, -0.2) is 4.98 Å². The monoisotopic (exact) mass is 384 g/mol. The lowest BCUT2D eigenvalue weighted by atomic mass is 10.3. The second-order valence-corrected chi connectivity index (χ2v) is 6.07. The first-order valence-corrected chi connectivity index (χ1v) is 7.48. The summed E-state index contributed by atoms with van der Waals surface area (Å²) in [5.74, 6) is 1.64. The van der Waals surface area contributed by atoms with Crippen molar-refractivity contribution in [1.29, 1.82) is 0 Å². The highest BCUT2D eigenvalue weighted by atomic mass is 79.9. The van der Waals surface area contributed by atoms with E-state index in [-0.39, 0.29) is 6.10 Å². The number of ether oxygens (including phenoxy) is 1. The molecule has 3 nitrogen and oxygen atoms in total.